The molecule has 2 fully saturated rings. The van der Waals surface area contributed by atoms with E-state index in [0.717, 1.165) is 36.0 Å². The number of hydrogen-bond acceptors (Lipinski definition) is 8. The Hall–Kier alpha value is -3.24. The van der Waals surface area contributed by atoms with E-state index >= 15 is 0 Å². The number of ether oxygens (including phenoxy) is 1. The van der Waals surface area contributed by atoms with Gasteiger partial charge in [-0.2, -0.15) is 4.98 Å². The Morgan fingerprint density at radius 2 is 1.97 bits per heavy atom. The minimum absolute atomic E-state index is 0.160. The van der Waals surface area contributed by atoms with Gasteiger partial charge < -0.3 is 14.2 Å². The van der Waals surface area contributed by atoms with Crippen LogP contribution in [0.25, 0.3) is 34.1 Å². The highest BCUT2D eigenvalue weighted by molar-refractivity contribution is 6.30. The molecule has 0 unspecified atom stereocenters. The van der Waals surface area contributed by atoms with Crippen molar-refractivity contribution in [3.63, 3.8) is 0 Å². The van der Waals surface area contributed by atoms with Crippen LogP contribution in [0.4, 0.5) is 5.95 Å². The number of aromatic amines is 1. The normalized spacial score (nSPS) is 22.6. The molecule has 2 aliphatic rings. The van der Waals surface area contributed by atoms with Crippen LogP contribution in [0.5, 0.6) is 0 Å². The van der Waals surface area contributed by atoms with E-state index in [1.54, 1.807) is 0 Å². The fourth-order valence-corrected chi connectivity index (χ4v) is 5.67. The van der Waals surface area contributed by atoms with E-state index < -0.39 is 5.76 Å². The molecular weight excluding hydrogens is 494 g/mol. The maximum Gasteiger partial charge on any atom is 0.439 e. The molecule has 1 saturated heterocycles. The lowest BCUT2D eigenvalue weighted by atomic mass is 9.83. The number of imidazole rings is 1. The predicted molar refractivity (Wildman–Crippen MR) is 141 cm³/mol. The topological polar surface area (TPSA) is 115 Å². The number of nitrogens with zero attached hydrogens (tertiary/aromatic N) is 6. The van der Waals surface area contributed by atoms with Crippen molar-refractivity contribution in [1.29, 1.82) is 0 Å². The highest BCUT2D eigenvalue weighted by Gasteiger charge is 2.30. The van der Waals surface area contributed by atoms with Crippen LogP contribution in [-0.4, -0.2) is 55.5 Å². The molecule has 194 valence electrons. The third-order valence-corrected chi connectivity index (χ3v) is 7.77. The van der Waals surface area contributed by atoms with Gasteiger partial charge in [0, 0.05) is 23.7 Å². The zero-order valence-corrected chi connectivity index (χ0v) is 21.7. The molecule has 4 heterocycles. The highest BCUT2D eigenvalue weighted by Crippen LogP contribution is 2.36. The number of aromatic nitrogens is 6. The Balaban J connectivity index is 1.58. The molecule has 0 bridgehead atoms. The van der Waals surface area contributed by atoms with Gasteiger partial charge >= 0.3 is 5.76 Å². The Morgan fingerprint density at radius 1 is 1.14 bits per heavy atom. The van der Waals surface area contributed by atoms with E-state index in [-0.39, 0.29) is 17.7 Å². The number of H-pyrrole nitrogens is 1. The minimum atomic E-state index is -0.664. The monoisotopic (exact) mass is 523 g/mol. The summed E-state index contributed by atoms with van der Waals surface area (Å²) in [7, 11) is 0. The first-order valence-electron chi connectivity index (χ1n) is 12.9. The maximum atomic E-state index is 11.7. The lowest BCUT2D eigenvalue weighted by Crippen LogP contribution is -2.45. The molecule has 3 aromatic heterocycles. The van der Waals surface area contributed by atoms with E-state index in [4.69, 9.17) is 35.8 Å². The summed E-state index contributed by atoms with van der Waals surface area (Å²) in [5.41, 5.74) is 2.92. The van der Waals surface area contributed by atoms with E-state index in [1.807, 2.05) is 24.3 Å². The molecule has 10 nitrogen and oxygen atoms in total. The molecule has 4 aromatic rings. The zero-order valence-electron chi connectivity index (χ0n) is 21.0. The van der Waals surface area contributed by atoms with Crippen molar-refractivity contribution in [2.75, 3.05) is 24.7 Å². The second-order valence-corrected chi connectivity index (χ2v) is 10.7. The second kappa shape index (κ2) is 9.90. The summed E-state index contributed by atoms with van der Waals surface area (Å²) >= 11 is 6.40. The number of rotatable bonds is 5. The maximum absolute atomic E-state index is 11.7. The number of benzene rings is 1. The van der Waals surface area contributed by atoms with Crippen molar-refractivity contribution in [3.8, 4) is 22.9 Å². The summed E-state index contributed by atoms with van der Waals surface area (Å²) in [5.74, 6) is 1.92. The van der Waals surface area contributed by atoms with Crippen molar-refractivity contribution in [3.05, 3.63) is 39.8 Å². The summed E-state index contributed by atoms with van der Waals surface area (Å²) in [4.78, 5) is 31.2. The summed E-state index contributed by atoms with van der Waals surface area (Å²) in [6.07, 6.45) is 4.85. The van der Waals surface area contributed by atoms with Crippen molar-refractivity contribution in [2.45, 2.75) is 52.1 Å². The van der Waals surface area contributed by atoms with Crippen LogP contribution in [-0.2, 0) is 11.3 Å². The molecule has 0 radical (unpaired) electrons. The van der Waals surface area contributed by atoms with E-state index in [1.165, 1.54) is 25.7 Å². The summed E-state index contributed by atoms with van der Waals surface area (Å²) in [6, 6.07) is 7.76. The molecule has 1 aliphatic heterocycles. The van der Waals surface area contributed by atoms with Gasteiger partial charge in [0.25, 0.3) is 0 Å². The predicted octanol–water partition coefficient (Wildman–Crippen LogP) is 4.54. The van der Waals surface area contributed by atoms with Crippen LogP contribution in [0.1, 0.15) is 39.5 Å². The molecule has 1 aliphatic carbocycles. The van der Waals surface area contributed by atoms with Gasteiger partial charge in [-0.15, -0.1) is 0 Å². The lowest BCUT2D eigenvalue weighted by Gasteiger charge is -2.35. The molecule has 1 saturated carbocycles. The standard InChI is InChI=1S/C26H30ClN7O3/c1-15-6-8-17(9-7-15)13-34-21-20(18-4-3-5-19(27)12-18)28-23(24-31-26(35)37-32-24)29-22(21)30-25(34)33-10-11-36-14-16(33)2/h3-5,12,15-17H,6-11,13-14H2,1-2H3,(H,31,32,35)/t15-,16-,17-/m0/s1. The third kappa shape index (κ3) is 4.75. The Kier molecular flexibility index (Phi) is 6.46. The number of morpholine rings is 1. The summed E-state index contributed by atoms with van der Waals surface area (Å²) < 4.78 is 12.7. The van der Waals surface area contributed by atoms with Gasteiger partial charge in [0.2, 0.25) is 17.6 Å². The SMILES string of the molecule is C[C@H]1COCCN1c1nc2nc(-c3noc(=O)[nH]3)nc(-c3cccc(Cl)c3)c2n1C[C@H]1CC[C@H](C)CC1. The van der Waals surface area contributed by atoms with Crippen molar-refractivity contribution >= 4 is 28.7 Å². The van der Waals surface area contributed by atoms with E-state index in [2.05, 4.69) is 33.5 Å². The molecule has 1 N–H and O–H groups in total. The average Bonchev–Trinajstić information content (AvgIpc) is 3.49. The zero-order chi connectivity index (χ0) is 25.5. The van der Waals surface area contributed by atoms with Crippen molar-refractivity contribution in [1.82, 2.24) is 29.7 Å². The Bertz CT molecular complexity index is 1470. The molecule has 37 heavy (non-hydrogen) atoms. The van der Waals surface area contributed by atoms with Gasteiger partial charge in [0.1, 0.15) is 11.2 Å². The van der Waals surface area contributed by atoms with Crippen LogP contribution in [0.15, 0.2) is 33.6 Å². The molecule has 11 heteroatoms. The van der Waals surface area contributed by atoms with Gasteiger partial charge in [-0.25, -0.2) is 14.8 Å². The third-order valence-electron chi connectivity index (χ3n) is 7.53. The minimum Gasteiger partial charge on any atom is -0.377 e. The highest BCUT2D eigenvalue weighted by atomic mass is 35.5. The van der Waals surface area contributed by atoms with Gasteiger partial charge in [0.15, 0.2) is 5.65 Å². The van der Waals surface area contributed by atoms with Gasteiger partial charge in [0.05, 0.1) is 19.3 Å². The van der Waals surface area contributed by atoms with Crippen LogP contribution in [0, 0.1) is 11.8 Å². The van der Waals surface area contributed by atoms with Gasteiger partial charge in [-0.05, 0) is 43.7 Å². The van der Waals surface area contributed by atoms with E-state index in [0.29, 0.717) is 35.5 Å². The van der Waals surface area contributed by atoms with Crippen molar-refractivity contribution < 1.29 is 9.26 Å². The Labute approximate surface area is 219 Å². The smallest absolute Gasteiger partial charge is 0.377 e. The summed E-state index contributed by atoms with van der Waals surface area (Å²) in [5, 5.41) is 4.43. The lowest BCUT2D eigenvalue weighted by molar-refractivity contribution is 0.0976. The fourth-order valence-electron chi connectivity index (χ4n) is 5.48. The van der Waals surface area contributed by atoms with E-state index in [9.17, 15) is 4.79 Å². The van der Waals surface area contributed by atoms with Crippen LogP contribution in [0.2, 0.25) is 5.02 Å². The van der Waals surface area contributed by atoms with Gasteiger partial charge in [-0.3, -0.25) is 9.51 Å². The first-order chi connectivity index (χ1) is 18.0. The average molecular weight is 524 g/mol. The van der Waals surface area contributed by atoms with Crippen LogP contribution < -0.4 is 10.7 Å². The second-order valence-electron chi connectivity index (χ2n) is 10.3. The molecule has 0 amide bonds. The Morgan fingerprint density at radius 3 is 2.70 bits per heavy atom. The van der Waals surface area contributed by atoms with Crippen LogP contribution >= 0.6 is 11.6 Å². The molecule has 1 aromatic carbocycles. The van der Waals surface area contributed by atoms with Crippen LogP contribution in [0.3, 0.4) is 0 Å². The molecule has 1 atom stereocenters. The number of hydrogen-bond donors (Lipinski definition) is 1. The first-order valence-corrected chi connectivity index (χ1v) is 13.3. The molecule has 0 spiro atoms. The number of fused-ring (bicyclic) bond motifs is 1. The summed E-state index contributed by atoms with van der Waals surface area (Å²) in [6.45, 7) is 7.36. The first kappa shape index (κ1) is 24.1. The number of halogens is 1. The number of nitrogens with one attached hydrogen (secondary N) is 1. The number of anilines is 1. The largest absolute Gasteiger partial charge is 0.439 e. The quantitative estimate of drug-likeness (QED) is 0.405. The molecule has 6 rings (SSSR count). The van der Waals surface area contributed by atoms with Crippen molar-refractivity contribution in [2.24, 2.45) is 11.8 Å². The molecular formula is C26H30ClN7O3. The fraction of sp³-hybridized carbons (Fsp3) is 0.500. The van der Waals surface area contributed by atoms with Gasteiger partial charge in [-0.1, -0.05) is 48.7 Å².